The molecule has 0 fully saturated rings. The molecule has 0 spiro atoms. The highest BCUT2D eigenvalue weighted by molar-refractivity contribution is 6.29. The fraction of sp³-hybridized carbons (Fsp3) is 0.364. The number of pyridine rings is 1. The summed E-state index contributed by atoms with van der Waals surface area (Å²) in [6.07, 6.45) is 2.24. The number of amides is 1. The van der Waals surface area contributed by atoms with Gasteiger partial charge in [0, 0.05) is 19.8 Å². The maximum Gasteiger partial charge on any atom is 0.422 e. The SMILES string of the molecule is CN1CC=CC=C1C(F)(F)CNc1ncc(Cl)n(CC(=O)NCc2ncccc2OCC(F)(F)F)c1=O. The molecule has 200 valence electrons. The average molecular weight is 549 g/mol. The summed E-state index contributed by atoms with van der Waals surface area (Å²) in [6, 6.07) is 2.63. The Hall–Kier alpha value is -3.68. The number of carbonyl (C=O) groups excluding carboxylic acids is 1. The normalized spacial score (nSPS) is 13.8. The Kier molecular flexibility index (Phi) is 8.73. The van der Waals surface area contributed by atoms with Crippen molar-refractivity contribution in [3.8, 4) is 5.75 Å². The number of aromatic nitrogens is 3. The van der Waals surface area contributed by atoms with Crippen molar-refractivity contribution in [3.05, 3.63) is 69.7 Å². The highest BCUT2D eigenvalue weighted by Gasteiger charge is 2.37. The Bertz CT molecular complexity index is 1250. The number of nitrogens with zero attached hydrogens (tertiary/aromatic N) is 4. The van der Waals surface area contributed by atoms with Crippen molar-refractivity contribution >= 4 is 23.3 Å². The van der Waals surface area contributed by atoms with Crippen LogP contribution in [0.1, 0.15) is 5.69 Å². The first kappa shape index (κ1) is 27.9. The summed E-state index contributed by atoms with van der Waals surface area (Å²) in [7, 11) is 1.51. The van der Waals surface area contributed by atoms with Gasteiger partial charge in [-0.2, -0.15) is 22.0 Å². The van der Waals surface area contributed by atoms with Gasteiger partial charge in [0.05, 0.1) is 25.0 Å². The average Bonchev–Trinajstić information content (AvgIpc) is 2.83. The van der Waals surface area contributed by atoms with E-state index in [9.17, 15) is 31.5 Å². The molecule has 0 aliphatic carbocycles. The van der Waals surface area contributed by atoms with Crippen LogP contribution in [0.4, 0.5) is 27.8 Å². The van der Waals surface area contributed by atoms with Crippen LogP contribution < -0.4 is 20.9 Å². The molecular weight excluding hydrogens is 527 g/mol. The number of anilines is 1. The number of alkyl halides is 5. The van der Waals surface area contributed by atoms with E-state index in [0.29, 0.717) is 6.54 Å². The number of halogens is 6. The molecule has 37 heavy (non-hydrogen) atoms. The van der Waals surface area contributed by atoms with Crippen molar-refractivity contribution in [1.82, 2.24) is 24.8 Å². The number of likely N-dealkylation sites (N-methyl/N-ethyl adjacent to an activating group) is 1. The van der Waals surface area contributed by atoms with E-state index in [4.69, 9.17) is 16.3 Å². The van der Waals surface area contributed by atoms with Crippen LogP contribution in [0.25, 0.3) is 0 Å². The Labute approximate surface area is 212 Å². The molecule has 0 saturated heterocycles. The zero-order valence-corrected chi connectivity index (χ0v) is 20.1. The summed E-state index contributed by atoms with van der Waals surface area (Å²) < 4.78 is 72.2. The van der Waals surface area contributed by atoms with Crippen LogP contribution in [-0.4, -0.2) is 64.2 Å². The molecule has 0 atom stereocenters. The van der Waals surface area contributed by atoms with Crippen LogP contribution in [0.2, 0.25) is 5.15 Å². The molecule has 0 aromatic carbocycles. The Morgan fingerprint density at radius 2 is 2.00 bits per heavy atom. The van der Waals surface area contributed by atoms with E-state index < -0.39 is 49.1 Å². The Morgan fingerprint density at radius 3 is 2.70 bits per heavy atom. The molecule has 0 radical (unpaired) electrons. The van der Waals surface area contributed by atoms with Gasteiger partial charge in [0.15, 0.2) is 12.4 Å². The second kappa shape index (κ2) is 11.6. The summed E-state index contributed by atoms with van der Waals surface area (Å²) in [5.74, 6) is -4.70. The van der Waals surface area contributed by atoms with Crippen LogP contribution in [0.3, 0.4) is 0 Å². The van der Waals surface area contributed by atoms with Gasteiger partial charge in [-0.25, -0.2) is 4.98 Å². The number of allylic oxidation sites excluding steroid dienone is 2. The first-order valence-electron chi connectivity index (χ1n) is 10.7. The van der Waals surface area contributed by atoms with E-state index in [1.807, 2.05) is 0 Å². The van der Waals surface area contributed by atoms with Gasteiger partial charge in [0.25, 0.3) is 5.56 Å². The van der Waals surface area contributed by atoms with Crippen molar-refractivity contribution < 1.29 is 31.5 Å². The highest BCUT2D eigenvalue weighted by Crippen LogP contribution is 2.28. The molecule has 0 unspecified atom stereocenters. The van der Waals surface area contributed by atoms with E-state index in [1.165, 1.54) is 42.4 Å². The number of hydrogen-bond donors (Lipinski definition) is 2. The molecule has 1 amide bonds. The third-order valence-corrected chi connectivity index (χ3v) is 5.34. The summed E-state index contributed by atoms with van der Waals surface area (Å²) >= 11 is 5.99. The number of nitrogens with one attached hydrogen (secondary N) is 2. The molecule has 0 saturated carbocycles. The van der Waals surface area contributed by atoms with Gasteiger partial charge in [-0.15, -0.1) is 0 Å². The van der Waals surface area contributed by atoms with Crippen LogP contribution in [0.5, 0.6) is 5.75 Å². The van der Waals surface area contributed by atoms with E-state index in [-0.39, 0.29) is 28.8 Å². The molecule has 15 heteroatoms. The quantitative estimate of drug-likeness (QED) is 0.440. The van der Waals surface area contributed by atoms with Crippen molar-refractivity contribution in [2.45, 2.75) is 25.2 Å². The molecule has 1 aliphatic heterocycles. The molecule has 9 nitrogen and oxygen atoms in total. The Balaban J connectivity index is 1.65. The molecule has 2 aromatic rings. The summed E-state index contributed by atoms with van der Waals surface area (Å²) in [5.41, 5.74) is -1.14. The van der Waals surface area contributed by atoms with Gasteiger partial charge in [0.1, 0.15) is 23.1 Å². The molecule has 0 bridgehead atoms. The second-order valence-corrected chi connectivity index (χ2v) is 8.26. The van der Waals surface area contributed by atoms with Gasteiger partial charge in [0.2, 0.25) is 5.91 Å². The first-order valence-corrected chi connectivity index (χ1v) is 11.1. The lowest BCUT2D eigenvalue weighted by Gasteiger charge is -2.30. The van der Waals surface area contributed by atoms with Crippen molar-refractivity contribution in [3.63, 3.8) is 0 Å². The predicted octanol–water partition coefficient (Wildman–Crippen LogP) is 2.98. The van der Waals surface area contributed by atoms with Gasteiger partial charge < -0.3 is 20.3 Å². The van der Waals surface area contributed by atoms with Crippen molar-refractivity contribution in [2.24, 2.45) is 0 Å². The molecule has 1 aliphatic rings. The topological polar surface area (TPSA) is 101 Å². The number of rotatable bonds is 10. The fourth-order valence-corrected chi connectivity index (χ4v) is 3.44. The minimum absolute atomic E-state index is 0.0229. The van der Waals surface area contributed by atoms with Crippen molar-refractivity contribution in [2.75, 3.05) is 32.1 Å². The summed E-state index contributed by atoms with van der Waals surface area (Å²) in [4.78, 5) is 34.2. The lowest BCUT2D eigenvalue weighted by molar-refractivity contribution is -0.153. The minimum Gasteiger partial charge on any atom is -0.482 e. The summed E-state index contributed by atoms with van der Waals surface area (Å²) in [6.45, 7) is -3.10. The van der Waals surface area contributed by atoms with E-state index in [0.717, 1.165) is 10.8 Å². The summed E-state index contributed by atoms with van der Waals surface area (Å²) in [5, 5.41) is 4.48. The van der Waals surface area contributed by atoms with Crippen LogP contribution >= 0.6 is 11.6 Å². The van der Waals surface area contributed by atoms with Gasteiger partial charge in [-0.05, 0) is 18.2 Å². The lowest BCUT2D eigenvalue weighted by atomic mass is 10.1. The maximum atomic E-state index is 14.7. The lowest BCUT2D eigenvalue weighted by Crippen LogP contribution is -2.40. The van der Waals surface area contributed by atoms with Crippen LogP contribution in [0.15, 0.2) is 53.2 Å². The second-order valence-electron chi connectivity index (χ2n) is 7.87. The van der Waals surface area contributed by atoms with Crippen LogP contribution in [-0.2, 0) is 17.9 Å². The molecule has 3 rings (SSSR count). The molecule has 3 heterocycles. The fourth-order valence-electron chi connectivity index (χ4n) is 3.26. The maximum absolute atomic E-state index is 14.7. The third kappa shape index (κ3) is 7.65. The number of carbonyl (C=O) groups is 1. The minimum atomic E-state index is -4.56. The first-order chi connectivity index (χ1) is 17.4. The standard InChI is InChI=1S/C22H22ClF5N6O3/c1-33-8-3-2-6-16(33)21(24,25)12-32-19-20(36)34(17(23)10-31-19)11-18(35)30-9-14-15(5-4-7-29-14)37-13-22(26,27)28/h2-7,10H,8-9,11-13H2,1H3,(H,30,35)(H,31,32). The van der Waals surface area contributed by atoms with E-state index in [1.54, 1.807) is 6.08 Å². The molecule has 2 aromatic heterocycles. The number of hydrogen-bond acceptors (Lipinski definition) is 7. The largest absolute Gasteiger partial charge is 0.482 e. The van der Waals surface area contributed by atoms with Gasteiger partial charge >= 0.3 is 12.1 Å². The van der Waals surface area contributed by atoms with E-state index >= 15 is 0 Å². The zero-order chi connectivity index (χ0) is 27.2. The highest BCUT2D eigenvalue weighted by atomic mass is 35.5. The van der Waals surface area contributed by atoms with E-state index in [2.05, 4.69) is 20.6 Å². The predicted molar refractivity (Wildman–Crippen MR) is 124 cm³/mol. The van der Waals surface area contributed by atoms with Crippen molar-refractivity contribution in [1.29, 1.82) is 0 Å². The molecule has 2 N–H and O–H groups in total. The third-order valence-electron chi connectivity index (χ3n) is 5.03. The zero-order valence-electron chi connectivity index (χ0n) is 19.4. The monoisotopic (exact) mass is 548 g/mol. The smallest absolute Gasteiger partial charge is 0.422 e. The van der Waals surface area contributed by atoms with Crippen LogP contribution in [0, 0.1) is 0 Å². The number of ether oxygens (including phenoxy) is 1. The van der Waals surface area contributed by atoms with Gasteiger partial charge in [-0.1, -0.05) is 23.8 Å². The van der Waals surface area contributed by atoms with Gasteiger partial charge in [-0.3, -0.25) is 19.1 Å². The molecular formula is C22H22ClF5N6O3. The Morgan fingerprint density at radius 1 is 1.24 bits per heavy atom.